The molecule has 0 atom stereocenters. The molecule has 0 aromatic rings. The Labute approximate surface area is 89.0 Å². The average Bonchev–Trinajstić information content (AvgIpc) is 1.97. The second-order valence-electron chi connectivity index (χ2n) is 2.89. The first kappa shape index (κ1) is 13.0. The number of hydrogen-bond donors (Lipinski definition) is 0. The Balaban J connectivity index is 2.32. The lowest BCUT2D eigenvalue weighted by atomic mass is 10.2. The van der Waals surface area contributed by atoms with Gasteiger partial charge in [-0.25, -0.2) is 8.98 Å². The summed E-state index contributed by atoms with van der Waals surface area (Å²) in [6.45, 7) is -0.410. The largest absolute Gasteiger partial charge is 0.523 e. The van der Waals surface area contributed by atoms with Crippen molar-refractivity contribution >= 4 is 16.2 Å². The molecule has 16 heavy (non-hydrogen) atoms. The van der Waals surface area contributed by atoms with Crippen LogP contribution in [0.3, 0.4) is 0 Å². The fraction of sp³-hybridized carbons (Fsp3) is 0.833. The number of hydrogen-bond acceptors (Lipinski definition) is 5. The van der Waals surface area contributed by atoms with Crippen molar-refractivity contribution in [2.24, 2.45) is 0 Å². The third-order valence-corrected chi connectivity index (χ3v) is 2.76. The van der Waals surface area contributed by atoms with Gasteiger partial charge in [0.2, 0.25) is 6.79 Å². The topological polar surface area (TPSA) is 72.9 Å². The van der Waals surface area contributed by atoms with Gasteiger partial charge in [-0.3, -0.25) is 0 Å². The summed E-state index contributed by atoms with van der Waals surface area (Å²) >= 11 is 0. The molecule has 1 amide bonds. The summed E-state index contributed by atoms with van der Waals surface area (Å²) in [6, 6.07) is 0. The maximum Gasteiger partial charge on any atom is 0.523 e. The van der Waals surface area contributed by atoms with Crippen molar-refractivity contribution in [2.75, 3.05) is 19.9 Å². The number of halogens is 3. The van der Waals surface area contributed by atoms with Crippen molar-refractivity contribution in [1.29, 1.82) is 0 Å². The van der Waals surface area contributed by atoms with Gasteiger partial charge in [0, 0.05) is 13.1 Å². The number of amides is 1. The Hall–Kier alpha value is -1.03. The van der Waals surface area contributed by atoms with Gasteiger partial charge in [0.05, 0.1) is 0 Å². The minimum Gasteiger partial charge on any atom is -0.421 e. The van der Waals surface area contributed by atoms with E-state index in [1.807, 2.05) is 0 Å². The van der Waals surface area contributed by atoms with Crippen molar-refractivity contribution in [1.82, 2.24) is 4.90 Å². The van der Waals surface area contributed by atoms with Crippen LogP contribution in [0.2, 0.25) is 0 Å². The van der Waals surface area contributed by atoms with Crippen LogP contribution in [0.5, 0.6) is 0 Å². The Kier molecular flexibility index (Phi) is 3.63. The average molecular weight is 263 g/mol. The number of nitrogens with zero attached hydrogens (tertiary/aromatic N) is 1. The zero-order valence-corrected chi connectivity index (χ0v) is 8.68. The number of alkyl halides is 3. The van der Waals surface area contributed by atoms with Crippen molar-refractivity contribution in [3.8, 4) is 0 Å². The standard InChI is InChI=1S/C6H8F3NO5S/c7-6(8,9)16(12,13)15-4-14-5(11)10-2-1-3-10/h1-4H2. The minimum absolute atomic E-state index is 0.435. The predicted molar refractivity (Wildman–Crippen MR) is 43.6 cm³/mol. The van der Waals surface area contributed by atoms with E-state index in [4.69, 9.17) is 0 Å². The Morgan fingerprint density at radius 1 is 1.31 bits per heavy atom. The summed E-state index contributed by atoms with van der Waals surface area (Å²) in [5, 5.41) is 0. The molecule has 94 valence electrons. The normalized spacial score (nSPS) is 16.8. The van der Waals surface area contributed by atoms with Gasteiger partial charge in [0.15, 0.2) is 0 Å². The molecule has 0 aliphatic carbocycles. The second kappa shape index (κ2) is 4.45. The zero-order valence-electron chi connectivity index (χ0n) is 7.86. The highest BCUT2D eigenvalue weighted by Crippen LogP contribution is 2.24. The van der Waals surface area contributed by atoms with Gasteiger partial charge in [-0.2, -0.15) is 21.6 Å². The first-order valence-electron chi connectivity index (χ1n) is 4.11. The Morgan fingerprint density at radius 2 is 1.88 bits per heavy atom. The van der Waals surface area contributed by atoms with E-state index in [9.17, 15) is 26.4 Å². The van der Waals surface area contributed by atoms with Crippen LogP contribution in [0.4, 0.5) is 18.0 Å². The van der Waals surface area contributed by atoms with Crippen LogP contribution in [0.15, 0.2) is 0 Å². The van der Waals surface area contributed by atoms with E-state index in [1.54, 1.807) is 0 Å². The van der Waals surface area contributed by atoms with Gasteiger partial charge < -0.3 is 9.64 Å². The lowest BCUT2D eigenvalue weighted by molar-refractivity contribution is -0.0626. The number of carbonyl (C=O) groups excluding carboxylic acids is 1. The van der Waals surface area contributed by atoms with Gasteiger partial charge in [-0.05, 0) is 6.42 Å². The molecular weight excluding hydrogens is 255 g/mol. The highest BCUT2D eigenvalue weighted by Gasteiger charge is 2.47. The first-order valence-corrected chi connectivity index (χ1v) is 5.52. The van der Waals surface area contributed by atoms with E-state index >= 15 is 0 Å². The first-order chi connectivity index (χ1) is 7.24. The van der Waals surface area contributed by atoms with Gasteiger partial charge in [-0.1, -0.05) is 0 Å². The third kappa shape index (κ3) is 2.98. The predicted octanol–water partition coefficient (Wildman–Crippen LogP) is 0.652. The highest BCUT2D eigenvalue weighted by molar-refractivity contribution is 7.87. The molecule has 10 heteroatoms. The second-order valence-corrected chi connectivity index (χ2v) is 4.49. The van der Waals surface area contributed by atoms with Crippen LogP contribution in [0.1, 0.15) is 6.42 Å². The highest BCUT2D eigenvalue weighted by atomic mass is 32.2. The number of rotatable bonds is 3. The summed E-state index contributed by atoms with van der Waals surface area (Å²) in [7, 11) is -5.70. The summed E-state index contributed by atoms with van der Waals surface area (Å²) in [4.78, 5) is 12.1. The lowest BCUT2D eigenvalue weighted by Gasteiger charge is -2.29. The lowest BCUT2D eigenvalue weighted by Crippen LogP contribution is -2.42. The fourth-order valence-corrected chi connectivity index (χ4v) is 1.10. The zero-order chi connectivity index (χ0) is 12.4. The number of likely N-dealkylation sites (tertiary alicyclic amines) is 1. The fourth-order valence-electron chi connectivity index (χ4n) is 0.795. The molecule has 0 saturated carbocycles. The van der Waals surface area contributed by atoms with Crippen LogP contribution < -0.4 is 0 Å². The monoisotopic (exact) mass is 263 g/mol. The van der Waals surface area contributed by atoms with Crippen LogP contribution >= 0.6 is 0 Å². The van der Waals surface area contributed by atoms with E-state index in [-0.39, 0.29) is 0 Å². The molecule has 6 nitrogen and oxygen atoms in total. The van der Waals surface area contributed by atoms with Crippen LogP contribution in [0.25, 0.3) is 0 Å². The van der Waals surface area contributed by atoms with Crippen LogP contribution in [0, 0.1) is 0 Å². The van der Waals surface area contributed by atoms with E-state index in [0.717, 1.165) is 6.42 Å². The molecule has 0 N–H and O–H groups in total. The summed E-state index contributed by atoms with van der Waals surface area (Å²) in [5.74, 6) is 0. The molecule has 1 aliphatic rings. The summed E-state index contributed by atoms with van der Waals surface area (Å²) in [5.41, 5.74) is -5.52. The van der Waals surface area contributed by atoms with Gasteiger partial charge in [0.25, 0.3) is 0 Å². The molecular formula is C6H8F3NO5S. The molecule has 0 aromatic carbocycles. The van der Waals surface area contributed by atoms with Gasteiger partial charge in [-0.15, -0.1) is 0 Å². The SMILES string of the molecule is O=C(OCOS(=O)(=O)C(F)(F)F)N1CCC1. The Morgan fingerprint density at radius 3 is 2.25 bits per heavy atom. The van der Waals surface area contributed by atoms with Crippen LogP contribution in [-0.4, -0.2) is 44.8 Å². The van der Waals surface area contributed by atoms with Crippen molar-refractivity contribution in [2.45, 2.75) is 11.9 Å². The number of carbonyl (C=O) groups is 1. The minimum atomic E-state index is -5.70. The Bertz CT molecular complexity index is 361. The third-order valence-electron chi connectivity index (χ3n) is 1.78. The van der Waals surface area contributed by atoms with E-state index in [2.05, 4.69) is 8.92 Å². The molecule has 1 aliphatic heterocycles. The summed E-state index contributed by atoms with van der Waals surface area (Å²) in [6.07, 6.45) is -0.125. The molecule has 0 spiro atoms. The molecule has 1 saturated heterocycles. The molecule has 1 heterocycles. The molecule has 0 aromatic heterocycles. The maximum atomic E-state index is 11.7. The smallest absolute Gasteiger partial charge is 0.421 e. The quantitative estimate of drug-likeness (QED) is 0.424. The number of ether oxygens (including phenoxy) is 1. The van der Waals surface area contributed by atoms with Crippen molar-refractivity contribution in [3.63, 3.8) is 0 Å². The van der Waals surface area contributed by atoms with Crippen LogP contribution in [-0.2, 0) is 19.0 Å². The molecule has 1 fully saturated rings. The molecule has 0 bridgehead atoms. The van der Waals surface area contributed by atoms with Crippen molar-refractivity contribution < 1.29 is 35.3 Å². The maximum absolute atomic E-state index is 11.7. The van der Waals surface area contributed by atoms with E-state index in [1.165, 1.54) is 4.90 Å². The van der Waals surface area contributed by atoms with Gasteiger partial charge >= 0.3 is 21.7 Å². The molecule has 0 unspecified atom stereocenters. The van der Waals surface area contributed by atoms with E-state index in [0.29, 0.717) is 13.1 Å². The summed E-state index contributed by atoms with van der Waals surface area (Å²) < 4.78 is 63.5. The molecule has 1 rings (SSSR count). The van der Waals surface area contributed by atoms with Gasteiger partial charge in [0.1, 0.15) is 0 Å². The van der Waals surface area contributed by atoms with Crippen molar-refractivity contribution in [3.05, 3.63) is 0 Å². The van der Waals surface area contributed by atoms with E-state index < -0.39 is 28.5 Å². The molecule has 0 radical (unpaired) electrons.